The molecule has 0 bridgehead atoms. The zero-order valence-electron chi connectivity index (χ0n) is 20.1. The van der Waals surface area contributed by atoms with Crippen LogP contribution in [-0.4, -0.2) is 32.3 Å². The van der Waals surface area contributed by atoms with E-state index in [9.17, 15) is 22.8 Å². The number of anilines is 1. The average molecular weight is 574 g/mol. The van der Waals surface area contributed by atoms with E-state index in [0.717, 1.165) is 30.0 Å². The summed E-state index contributed by atoms with van der Waals surface area (Å²) in [5, 5.41) is 14.5. The molecule has 3 rings (SSSR count). The summed E-state index contributed by atoms with van der Waals surface area (Å²) in [6, 6.07) is 8.90. The number of rotatable bonds is 9. The van der Waals surface area contributed by atoms with Crippen LogP contribution in [0.1, 0.15) is 48.6 Å². The van der Waals surface area contributed by atoms with Crippen molar-refractivity contribution < 1.29 is 22.8 Å². The van der Waals surface area contributed by atoms with Crippen LogP contribution in [0.5, 0.6) is 0 Å². The number of carbonyl (C=O) groups is 2. The summed E-state index contributed by atoms with van der Waals surface area (Å²) in [6.07, 6.45) is -4.57. The maximum Gasteiger partial charge on any atom is 0.416 e. The second-order valence-corrected chi connectivity index (χ2v) is 10.0. The number of carbonyl (C=O) groups excluding carboxylic acids is 2. The quantitative estimate of drug-likeness (QED) is 0.286. The van der Waals surface area contributed by atoms with E-state index in [0.29, 0.717) is 28.1 Å². The Kier molecular flexibility index (Phi) is 9.49. The highest BCUT2D eigenvalue weighted by Crippen LogP contribution is 2.34. The normalized spacial score (nSPS) is 12.5. The van der Waals surface area contributed by atoms with Gasteiger partial charge in [0, 0.05) is 6.54 Å². The number of alkyl halides is 3. The number of amides is 2. The second-order valence-electron chi connectivity index (χ2n) is 8.29. The Morgan fingerprint density at radius 2 is 1.78 bits per heavy atom. The summed E-state index contributed by atoms with van der Waals surface area (Å²) in [5.41, 5.74) is -0.729. The van der Waals surface area contributed by atoms with E-state index in [1.54, 1.807) is 28.8 Å². The van der Waals surface area contributed by atoms with Crippen molar-refractivity contribution in [3.63, 3.8) is 0 Å². The average Bonchev–Trinajstić information content (AvgIpc) is 3.24. The Morgan fingerprint density at radius 1 is 1.08 bits per heavy atom. The standard InChI is InChI=1S/C24H24Cl2F3N5O2S/c1-4-34-21(20(13(2)3)31-22(36)15-7-5-6-8-16(15)25)32-33-23(34)37-12-19(35)30-18-11-14(24(27,28)29)9-10-17(18)26/h5-11,13,20H,4,12H2,1-3H3,(H,30,35)(H,31,36)/t20-/m1/s1. The van der Waals surface area contributed by atoms with Gasteiger partial charge in [0.15, 0.2) is 11.0 Å². The van der Waals surface area contributed by atoms with E-state index in [1.165, 1.54) is 0 Å². The molecule has 13 heteroatoms. The summed E-state index contributed by atoms with van der Waals surface area (Å²) in [7, 11) is 0. The molecule has 2 amide bonds. The minimum atomic E-state index is -4.57. The van der Waals surface area contributed by atoms with Crippen molar-refractivity contribution in [1.29, 1.82) is 0 Å². The molecule has 0 unspecified atom stereocenters. The summed E-state index contributed by atoms with van der Waals surface area (Å²) >= 11 is 13.2. The van der Waals surface area contributed by atoms with Crippen LogP contribution in [0.4, 0.5) is 18.9 Å². The van der Waals surface area contributed by atoms with Gasteiger partial charge < -0.3 is 15.2 Å². The lowest BCUT2D eigenvalue weighted by Crippen LogP contribution is -2.34. The molecule has 0 spiro atoms. The number of aromatic nitrogens is 3. The van der Waals surface area contributed by atoms with E-state index < -0.39 is 23.7 Å². The number of benzene rings is 2. The molecule has 1 atom stereocenters. The van der Waals surface area contributed by atoms with Crippen LogP contribution in [0.3, 0.4) is 0 Å². The molecule has 7 nitrogen and oxygen atoms in total. The number of hydrogen-bond acceptors (Lipinski definition) is 5. The van der Waals surface area contributed by atoms with Gasteiger partial charge in [0.05, 0.1) is 38.7 Å². The second kappa shape index (κ2) is 12.2. The van der Waals surface area contributed by atoms with Gasteiger partial charge in [-0.1, -0.05) is 60.9 Å². The molecular formula is C24H24Cl2F3N5O2S. The summed E-state index contributed by atoms with van der Waals surface area (Å²) < 4.78 is 40.8. The highest BCUT2D eigenvalue weighted by Gasteiger charge is 2.31. The van der Waals surface area contributed by atoms with Crippen LogP contribution < -0.4 is 10.6 Å². The molecule has 0 aliphatic rings. The van der Waals surface area contributed by atoms with Crippen molar-refractivity contribution >= 4 is 52.5 Å². The van der Waals surface area contributed by atoms with Crippen molar-refractivity contribution in [2.45, 2.75) is 44.7 Å². The van der Waals surface area contributed by atoms with Crippen LogP contribution in [0.15, 0.2) is 47.6 Å². The highest BCUT2D eigenvalue weighted by molar-refractivity contribution is 7.99. The SMILES string of the molecule is CCn1c(SCC(=O)Nc2cc(C(F)(F)F)ccc2Cl)nnc1[C@H](NC(=O)c1ccccc1Cl)C(C)C. The highest BCUT2D eigenvalue weighted by atomic mass is 35.5. The van der Waals surface area contributed by atoms with Crippen LogP contribution in [0.2, 0.25) is 10.0 Å². The summed E-state index contributed by atoms with van der Waals surface area (Å²) in [5.74, 6) is -0.623. The van der Waals surface area contributed by atoms with Gasteiger partial charge in [-0.3, -0.25) is 9.59 Å². The number of hydrogen-bond donors (Lipinski definition) is 2. The molecule has 3 aromatic rings. The lowest BCUT2D eigenvalue weighted by molar-refractivity contribution is -0.137. The predicted molar refractivity (Wildman–Crippen MR) is 138 cm³/mol. The largest absolute Gasteiger partial charge is 0.416 e. The molecule has 0 radical (unpaired) electrons. The molecule has 0 saturated carbocycles. The molecule has 0 saturated heterocycles. The first-order chi connectivity index (χ1) is 17.4. The first kappa shape index (κ1) is 28.8. The Balaban J connectivity index is 1.73. The van der Waals surface area contributed by atoms with Gasteiger partial charge in [0.25, 0.3) is 5.91 Å². The minimum absolute atomic E-state index is 0.0144. The van der Waals surface area contributed by atoms with Gasteiger partial charge in [-0.2, -0.15) is 13.2 Å². The third kappa shape index (κ3) is 7.18. The number of halogens is 5. The molecule has 0 aliphatic heterocycles. The lowest BCUT2D eigenvalue weighted by atomic mass is 10.0. The molecule has 2 N–H and O–H groups in total. The molecular weight excluding hydrogens is 550 g/mol. The maximum atomic E-state index is 13.0. The van der Waals surface area contributed by atoms with Crippen LogP contribution in [-0.2, 0) is 17.5 Å². The van der Waals surface area contributed by atoms with Gasteiger partial charge in [-0.25, -0.2) is 0 Å². The van der Waals surface area contributed by atoms with Crippen molar-refractivity contribution in [1.82, 2.24) is 20.1 Å². The van der Waals surface area contributed by atoms with Crippen LogP contribution in [0, 0.1) is 5.92 Å². The van der Waals surface area contributed by atoms with Gasteiger partial charge in [0.1, 0.15) is 0 Å². The fourth-order valence-corrected chi connectivity index (χ4v) is 4.64. The topological polar surface area (TPSA) is 88.9 Å². The van der Waals surface area contributed by atoms with E-state index in [2.05, 4.69) is 20.8 Å². The van der Waals surface area contributed by atoms with E-state index in [1.807, 2.05) is 20.8 Å². The van der Waals surface area contributed by atoms with E-state index in [4.69, 9.17) is 23.2 Å². The lowest BCUT2D eigenvalue weighted by Gasteiger charge is -2.22. The molecule has 2 aromatic carbocycles. The van der Waals surface area contributed by atoms with Gasteiger partial charge in [-0.05, 0) is 43.2 Å². The number of nitrogens with one attached hydrogen (secondary N) is 2. The van der Waals surface area contributed by atoms with Crippen molar-refractivity contribution in [2.75, 3.05) is 11.1 Å². The zero-order valence-corrected chi connectivity index (χ0v) is 22.4. The van der Waals surface area contributed by atoms with Crippen molar-refractivity contribution in [3.8, 4) is 0 Å². The zero-order chi connectivity index (χ0) is 27.3. The summed E-state index contributed by atoms with van der Waals surface area (Å²) in [4.78, 5) is 25.4. The molecule has 0 aliphatic carbocycles. The molecule has 37 heavy (non-hydrogen) atoms. The van der Waals surface area contributed by atoms with E-state index >= 15 is 0 Å². The Bertz CT molecular complexity index is 1280. The third-order valence-electron chi connectivity index (χ3n) is 5.31. The number of thioether (sulfide) groups is 1. The van der Waals surface area contributed by atoms with Gasteiger partial charge >= 0.3 is 6.18 Å². The maximum absolute atomic E-state index is 13.0. The van der Waals surface area contributed by atoms with Gasteiger partial charge in [0.2, 0.25) is 5.91 Å². The predicted octanol–water partition coefficient (Wildman–Crippen LogP) is 6.48. The Labute approximate surface area is 226 Å². The number of nitrogens with zero attached hydrogens (tertiary/aromatic N) is 3. The minimum Gasteiger partial charge on any atom is -0.342 e. The Morgan fingerprint density at radius 3 is 2.41 bits per heavy atom. The monoisotopic (exact) mass is 573 g/mol. The first-order valence-corrected chi connectivity index (χ1v) is 12.9. The molecule has 1 heterocycles. The van der Waals surface area contributed by atoms with Gasteiger partial charge in [-0.15, -0.1) is 10.2 Å². The fraction of sp³-hybridized carbons (Fsp3) is 0.333. The smallest absolute Gasteiger partial charge is 0.342 e. The van der Waals surface area contributed by atoms with Crippen LogP contribution in [0.25, 0.3) is 0 Å². The van der Waals surface area contributed by atoms with Crippen LogP contribution >= 0.6 is 35.0 Å². The molecule has 1 aromatic heterocycles. The fourth-order valence-electron chi connectivity index (χ4n) is 3.44. The molecule has 198 valence electrons. The molecule has 0 fully saturated rings. The van der Waals surface area contributed by atoms with Crippen molar-refractivity contribution in [3.05, 3.63) is 69.5 Å². The third-order valence-corrected chi connectivity index (χ3v) is 6.94. The van der Waals surface area contributed by atoms with Crippen molar-refractivity contribution in [2.24, 2.45) is 5.92 Å². The summed E-state index contributed by atoms with van der Waals surface area (Å²) in [6.45, 7) is 6.17. The Hall–Kier alpha value is -2.76. The van der Waals surface area contributed by atoms with E-state index in [-0.39, 0.29) is 28.3 Å². The first-order valence-electron chi connectivity index (χ1n) is 11.2.